The fourth-order valence-electron chi connectivity index (χ4n) is 7.80. The lowest BCUT2D eigenvalue weighted by Gasteiger charge is -2.24. The topological polar surface area (TPSA) is 9.86 Å². The molecule has 4 aromatic carbocycles. The van der Waals surface area contributed by atoms with Crippen molar-refractivity contribution < 1.29 is 0 Å². The van der Waals surface area contributed by atoms with Crippen molar-refractivity contribution in [2.45, 2.75) is 38.0 Å². The van der Waals surface area contributed by atoms with Gasteiger partial charge in [-0.1, -0.05) is 85.8 Å². The molecule has 2 heterocycles. The van der Waals surface area contributed by atoms with E-state index in [1.165, 1.54) is 72.1 Å². The summed E-state index contributed by atoms with van der Waals surface area (Å²) in [6.45, 7) is 2.45. The molecule has 2 atom stereocenters. The van der Waals surface area contributed by atoms with Gasteiger partial charge in [0.15, 0.2) is 0 Å². The molecule has 1 unspecified atom stereocenters. The molecular weight excluding hydrogens is 460 g/mol. The lowest BCUT2D eigenvalue weighted by Crippen LogP contribution is -2.10. The summed E-state index contributed by atoms with van der Waals surface area (Å²) in [7, 11) is 4.52. The summed E-state index contributed by atoms with van der Waals surface area (Å²) < 4.78 is 4.91. The van der Waals surface area contributed by atoms with Crippen LogP contribution in [0.15, 0.2) is 91.0 Å². The van der Waals surface area contributed by atoms with Crippen LogP contribution in [-0.4, -0.2) is 9.13 Å². The molecule has 0 N–H and O–H groups in total. The first-order valence-electron chi connectivity index (χ1n) is 14.0. The third-order valence-electron chi connectivity index (χ3n) is 9.61. The molecule has 6 aromatic rings. The predicted octanol–water partition coefficient (Wildman–Crippen LogP) is 8.55. The Hall–Kier alpha value is -4.04. The Balaban J connectivity index is 1.46. The summed E-state index contributed by atoms with van der Waals surface area (Å²) in [5.74, 6) is 0.886. The Morgan fingerprint density at radius 1 is 0.658 bits per heavy atom. The third-order valence-corrected chi connectivity index (χ3v) is 9.61. The first kappa shape index (κ1) is 22.0. The van der Waals surface area contributed by atoms with Gasteiger partial charge in [-0.05, 0) is 82.2 Å². The van der Waals surface area contributed by atoms with E-state index in [-0.39, 0.29) is 0 Å². The molecule has 0 bridgehead atoms. The van der Waals surface area contributed by atoms with E-state index in [0.29, 0.717) is 11.8 Å². The van der Waals surface area contributed by atoms with E-state index >= 15 is 0 Å². The average Bonchev–Trinajstić information content (AvgIpc) is 3.37. The van der Waals surface area contributed by atoms with Crippen LogP contribution in [0.2, 0.25) is 0 Å². The Kier molecular flexibility index (Phi) is 4.62. The standard InChI is InChI=1S/C36H32N2/c1-22-25-19-20-32-34(33(25)26-14-8-7-13-24(26)21-30(22)23-11-5-4-6-12-23)29-18-17-28-27-15-9-10-16-31(27)37(2)35(28)36(29)38(32)3/h4-16,19-20,22,30H,17-18,21H2,1-3H3/t22?,30-/m1/s1. The summed E-state index contributed by atoms with van der Waals surface area (Å²) in [6, 6.07) is 34.1. The van der Waals surface area contributed by atoms with E-state index in [2.05, 4.69) is 121 Å². The van der Waals surface area contributed by atoms with Crippen LogP contribution in [0.1, 0.15) is 46.6 Å². The molecule has 38 heavy (non-hydrogen) atoms. The SMILES string of the molecule is CC1c2ccc3c(c4c(n3C)-c3c(c5ccccc5n3C)CC4)c2-c2ccccc2C[C@H]1c1ccccc1. The highest BCUT2D eigenvalue weighted by Crippen LogP contribution is 2.51. The van der Waals surface area contributed by atoms with Gasteiger partial charge in [0.1, 0.15) is 0 Å². The molecule has 186 valence electrons. The number of fused-ring (bicyclic) bond motifs is 11. The highest BCUT2D eigenvalue weighted by atomic mass is 15.0. The summed E-state index contributed by atoms with van der Waals surface area (Å²) in [5, 5.41) is 2.88. The third kappa shape index (κ3) is 2.83. The maximum absolute atomic E-state index is 2.48. The van der Waals surface area contributed by atoms with Crippen molar-refractivity contribution in [1.29, 1.82) is 0 Å². The first-order valence-corrected chi connectivity index (χ1v) is 14.0. The number of hydrogen-bond acceptors (Lipinski definition) is 0. The van der Waals surface area contributed by atoms with Gasteiger partial charge in [0, 0.05) is 35.9 Å². The van der Waals surface area contributed by atoms with E-state index in [1.807, 2.05) is 0 Å². The van der Waals surface area contributed by atoms with Crippen molar-refractivity contribution in [1.82, 2.24) is 9.13 Å². The summed E-state index contributed by atoms with van der Waals surface area (Å²) >= 11 is 0. The van der Waals surface area contributed by atoms with Gasteiger partial charge in [-0.15, -0.1) is 0 Å². The maximum Gasteiger partial charge on any atom is 0.0692 e. The molecule has 2 aromatic heterocycles. The quantitative estimate of drug-likeness (QED) is 0.218. The smallest absolute Gasteiger partial charge is 0.0692 e. The average molecular weight is 493 g/mol. The number of aromatic nitrogens is 2. The van der Waals surface area contributed by atoms with Gasteiger partial charge in [-0.2, -0.15) is 0 Å². The zero-order valence-electron chi connectivity index (χ0n) is 22.3. The highest BCUT2D eigenvalue weighted by Gasteiger charge is 2.34. The minimum atomic E-state index is 0.428. The number of nitrogens with zero attached hydrogens (tertiary/aromatic N) is 2. The molecule has 2 aliphatic carbocycles. The van der Waals surface area contributed by atoms with E-state index in [9.17, 15) is 0 Å². The normalized spacial score (nSPS) is 18.1. The number of benzene rings is 4. The van der Waals surface area contributed by atoms with Crippen LogP contribution in [0.25, 0.3) is 44.3 Å². The Morgan fingerprint density at radius 2 is 1.34 bits per heavy atom. The van der Waals surface area contributed by atoms with Gasteiger partial charge in [0.25, 0.3) is 0 Å². The number of rotatable bonds is 1. The Labute approximate surface area is 224 Å². The van der Waals surface area contributed by atoms with Gasteiger partial charge in [-0.3, -0.25) is 0 Å². The van der Waals surface area contributed by atoms with Crippen molar-refractivity contribution in [3.8, 4) is 22.5 Å². The minimum Gasteiger partial charge on any atom is -0.342 e. The van der Waals surface area contributed by atoms with E-state index < -0.39 is 0 Å². The molecule has 0 radical (unpaired) electrons. The van der Waals surface area contributed by atoms with Gasteiger partial charge < -0.3 is 9.13 Å². The summed E-state index contributed by atoms with van der Waals surface area (Å²) in [6.07, 6.45) is 3.25. The molecule has 0 aliphatic heterocycles. The molecule has 2 aliphatic rings. The Morgan fingerprint density at radius 3 is 2.21 bits per heavy atom. The monoisotopic (exact) mass is 492 g/mol. The second-order valence-electron chi connectivity index (χ2n) is 11.4. The molecule has 0 amide bonds. The van der Waals surface area contributed by atoms with Crippen LogP contribution in [0.4, 0.5) is 0 Å². The van der Waals surface area contributed by atoms with Crippen molar-refractivity contribution >= 4 is 21.8 Å². The van der Waals surface area contributed by atoms with Crippen molar-refractivity contribution in [3.63, 3.8) is 0 Å². The largest absolute Gasteiger partial charge is 0.342 e. The van der Waals surface area contributed by atoms with Crippen LogP contribution in [0.3, 0.4) is 0 Å². The lowest BCUT2D eigenvalue weighted by molar-refractivity contribution is 0.580. The molecule has 8 rings (SSSR count). The van der Waals surface area contributed by atoms with Gasteiger partial charge in [0.2, 0.25) is 0 Å². The highest BCUT2D eigenvalue weighted by molar-refractivity contribution is 6.06. The second-order valence-corrected chi connectivity index (χ2v) is 11.4. The molecule has 0 saturated heterocycles. The van der Waals surface area contributed by atoms with Crippen molar-refractivity contribution in [2.24, 2.45) is 14.1 Å². The van der Waals surface area contributed by atoms with Crippen LogP contribution >= 0.6 is 0 Å². The first-order chi connectivity index (χ1) is 18.6. The van der Waals surface area contributed by atoms with Gasteiger partial charge >= 0.3 is 0 Å². The van der Waals surface area contributed by atoms with E-state index in [0.717, 1.165) is 19.3 Å². The zero-order valence-corrected chi connectivity index (χ0v) is 22.3. The summed E-state index contributed by atoms with van der Waals surface area (Å²) in [4.78, 5) is 0. The molecule has 0 fully saturated rings. The van der Waals surface area contributed by atoms with Crippen molar-refractivity contribution in [2.75, 3.05) is 0 Å². The van der Waals surface area contributed by atoms with Gasteiger partial charge in [-0.25, -0.2) is 0 Å². The summed E-state index contributed by atoms with van der Waals surface area (Å²) in [5.41, 5.74) is 15.8. The molecule has 0 spiro atoms. The molecular formula is C36H32N2. The van der Waals surface area contributed by atoms with Crippen LogP contribution in [0.5, 0.6) is 0 Å². The maximum atomic E-state index is 2.48. The van der Waals surface area contributed by atoms with Crippen LogP contribution in [-0.2, 0) is 33.4 Å². The van der Waals surface area contributed by atoms with Crippen molar-refractivity contribution in [3.05, 3.63) is 119 Å². The molecule has 0 saturated carbocycles. The fourth-order valence-corrected chi connectivity index (χ4v) is 7.80. The lowest BCUT2D eigenvalue weighted by atomic mass is 9.79. The van der Waals surface area contributed by atoms with E-state index in [4.69, 9.17) is 0 Å². The molecule has 2 nitrogen and oxygen atoms in total. The van der Waals surface area contributed by atoms with Gasteiger partial charge in [0.05, 0.1) is 11.4 Å². The van der Waals surface area contributed by atoms with Crippen LogP contribution in [0, 0.1) is 0 Å². The van der Waals surface area contributed by atoms with Crippen LogP contribution < -0.4 is 0 Å². The second kappa shape index (κ2) is 7.98. The fraction of sp³-hybridized carbons (Fsp3) is 0.222. The Bertz CT molecular complexity index is 1880. The number of para-hydroxylation sites is 1. The predicted molar refractivity (Wildman–Crippen MR) is 159 cm³/mol. The van der Waals surface area contributed by atoms with E-state index in [1.54, 1.807) is 0 Å². The number of hydrogen-bond donors (Lipinski definition) is 0. The number of aryl methyl sites for hydroxylation is 4. The minimum absolute atomic E-state index is 0.428. The zero-order chi connectivity index (χ0) is 25.5. The molecule has 2 heteroatoms.